The van der Waals surface area contributed by atoms with Gasteiger partial charge in [-0.15, -0.1) is 0 Å². The molecule has 2 aliphatic rings. The molecule has 2 saturated heterocycles. The van der Waals surface area contributed by atoms with Gasteiger partial charge in [-0.05, 0) is 55.8 Å². The number of halogens is 1. The van der Waals surface area contributed by atoms with Crippen molar-refractivity contribution < 1.29 is 13.9 Å². The topological polar surface area (TPSA) is 117 Å². The Labute approximate surface area is 198 Å². The van der Waals surface area contributed by atoms with Crippen LogP contribution in [-0.4, -0.2) is 19.0 Å². The normalized spacial score (nSPS) is 28.8. The van der Waals surface area contributed by atoms with E-state index in [9.17, 15) is 20.2 Å². The van der Waals surface area contributed by atoms with Crippen LogP contribution in [0.2, 0.25) is 0 Å². The van der Waals surface area contributed by atoms with Gasteiger partial charge in [0, 0.05) is 24.3 Å². The molecule has 8 heteroatoms. The number of nitrogens with zero attached hydrogens (tertiary/aromatic N) is 4. The third-order valence-corrected chi connectivity index (χ3v) is 7.24. The van der Waals surface area contributed by atoms with E-state index in [1.165, 1.54) is 24.3 Å². The maximum absolute atomic E-state index is 13.7. The molecule has 2 bridgehead atoms. The predicted molar refractivity (Wildman–Crippen MR) is 122 cm³/mol. The lowest BCUT2D eigenvalue weighted by Gasteiger charge is -2.48. The van der Waals surface area contributed by atoms with Crippen LogP contribution in [0.5, 0.6) is 0 Å². The van der Waals surface area contributed by atoms with Gasteiger partial charge >= 0.3 is 0 Å². The van der Waals surface area contributed by atoms with E-state index in [-0.39, 0.29) is 0 Å². The fourth-order valence-electron chi connectivity index (χ4n) is 5.30. The van der Waals surface area contributed by atoms with Gasteiger partial charge in [-0.25, -0.2) is 4.39 Å². The van der Waals surface area contributed by atoms with Crippen molar-refractivity contribution in [3.63, 3.8) is 0 Å². The van der Waals surface area contributed by atoms with Gasteiger partial charge in [0.25, 0.3) is 0 Å². The highest BCUT2D eigenvalue weighted by Gasteiger charge is 2.79. The molecule has 2 fully saturated rings. The van der Waals surface area contributed by atoms with Crippen molar-refractivity contribution in [2.24, 2.45) is 16.7 Å². The molecular formula is C26H24FN5O2. The Morgan fingerprint density at radius 1 is 0.971 bits per heavy atom. The Kier molecular flexibility index (Phi) is 5.56. The Bertz CT molecular complexity index is 1220. The van der Waals surface area contributed by atoms with Crippen LogP contribution in [0.15, 0.2) is 48.5 Å². The highest BCUT2D eigenvalue weighted by molar-refractivity contribution is 5.89. The Balaban J connectivity index is 1.94. The summed E-state index contributed by atoms with van der Waals surface area (Å²) in [7, 11) is 0. The van der Waals surface area contributed by atoms with Crippen LogP contribution in [0.3, 0.4) is 0 Å². The quantitative estimate of drug-likeness (QED) is 0.690. The van der Waals surface area contributed by atoms with Crippen LogP contribution < -0.4 is 4.90 Å². The van der Waals surface area contributed by atoms with Gasteiger partial charge in [-0.1, -0.05) is 19.1 Å². The van der Waals surface area contributed by atoms with E-state index in [1.807, 2.05) is 38.1 Å². The lowest BCUT2D eigenvalue weighted by atomic mass is 9.53. The average molecular weight is 458 g/mol. The van der Waals surface area contributed by atoms with Crippen molar-refractivity contribution in [3.05, 3.63) is 65.5 Å². The van der Waals surface area contributed by atoms with E-state index < -0.39 is 40.4 Å². The first-order valence-electron chi connectivity index (χ1n) is 11.1. The standard InChI is InChI=1S/C26H24FN5O2/c1-4-32(5-2)21-12-6-18(7-13-21)22-24(14-28,15-29)25(16-30)17(3)26(33-22,34-23(25)31)19-8-10-20(27)11-9-19/h6-13,17,22,31H,4-5H2,1-3H3. The minimum absolute atomic E-state index is 0.400. The van der Waals surface area contributed by atoms with Crippen LogP contribution in [0.1, 0.15) is 38.0 Å². The van der Waals surface area contributed by atoms with Crippen LogP contribution in [0.4, 0.5) is 10.1 Å². The molecule has 1 N–H and O–H groups in total. The first-order valence-corrected chi connectivity index (χ1v) is 11.1. The Morgan fingerprint density at radius 3 is 2.06 bits per heavy atom. The third-order valence-electron chi connectivity index (χ3n) is 7.24. The third kappa shape index (κ3) is 2.78. The smallest absolute Gasteiger partial charge is 0.244 e. The fourth-order valence-corrected chi connectivity index (χ4v) is 5.30. The Morgan fingerprint density at radius 2 is 1.56 bits per heavy atom. The fraction of sp³-hybridized carbons (Fsp3) is 0.385. The molecule has 0 radical (unpaired) electrons. The average Bonchev–Trinajstić information content (AvgIpc) is 3.02. The number of hydrogen-bond donors (Lipinski definition) is 1. The zero-order valence-electron chi connectivity index (χ0n) is 19.2. The first kappa shape index (κ1) is 23.2. The number of rotatable bonds is 5. The second-order valence-electron chi connectivity index (χ2n) is 8.54. The van der Waals surface area contributed by atoms with Gasteiger partial charge in [-0.3, -0.25) is 5.41 Å². The zero-order chi connectivity index (χ0) is 24.7. The van der Waals surface area contributed by atoms with Crippen LogP contribution >= 0.6 is 0 Å². The van der Waals surface area contributed by atoms with E-state index in [2.05, 4.69) is 11.0 Å². The molecule has 0 aromatic heterocycles. The van der Waals surface area contributed by atoms with Crippen molar-refractivity contribution in [2.45, 2.75) is 32.7 Å². The van der Waals surface area contributed by atoms with Crippen molar-refractivity contribution >= 4 is 11.6 Å². The summed E-state index contributed by atoms with van der Waals surface area (Å²) in [5.41, 5.74) is -2.07. The van der Waals surface area contributed by atoms with Crippen LogP contribution in [0.25, 0.3) is 0 Å². The monoisotopic (exact) mass is 457 g/mol. The zero-order valence-corrected chi connectivity index (χ0v) is 19.2. The molecule has 2 aromatic carbocycles. The number of hydrogen-bond acceptors (Lipinski definition) is 7. The van der Waals surface area contributed by atoms with E-state index in [4.69, 9.17) is 14.9 Å². The molecule has 172 valence electrons. The maximum Gasteiger partial charge on any atom is 0.244 e. The molecule has 2 aromatic rings. The molecule has 34 heavy (non-hydrogen) atoms. The van der Waals surface area contributed by atoms with Gasteiger partial charge < -0.3 is 14.4 Å². The van der Waals surface area contributed by atoms with E-state index >= 15 is 0 Å². The summed E-state index contributed by atoms with van der Waals surface area (Å²) in [5.74, 6) is -3.50. The summed E-state index contributed by atoms with van der Waals surface area (Å²) in [5, 5.41) is 39.6. The van der Waals surface area contributed by atoms with Crippen LogP contribution in [0, 0.1) is 62.0 Å². The van der Waals surface area contributed by atoms with Crippen molar-refractivity contribution in [1.82, 2.24) is 0 Å². The summed E-state index contributed by atoms with van der Waals surface area (Å²) < 4.78 is 26.0. The van der Waals surface area contributed by atoms with E-state index in [1.54, 1.807) is 19.1 Å². The lowest BCUT2D eigenvalue weighted by molar-refractivity contribution is -0.288. The lowest BCUT2D eigenvalue weighted by Crippen LogP contribution is -2.57. The summed E-state index contributed by atoms with van der Waals surface area (Å²) >= 11 is 0. The second kappa shape index (κ2) is 8.13. The number of nitriles is 3. The highest BCUT2D eigenvalue weighted by atomic mass is 19.1. The van der Waals surface area contributed by atoms with Crippen molar-refractivity contribution in [3.8, 4) is 18.2 Å². The minimum atomic E-state index is -2.05. The number of nitrogens with one attached hydrogen (secondary N) is 1. The summed E-state index contributed by atoms with van der Waals surface area (Å²) in [6, 6.07) is 18.9. The SMILES string of the molecule is CCN(CC)c1ccc(C2OC3(c4ccc(F)cc4)OC(=N)C(C#N)(C3C)C2(C#N)C#N)cc1. The summed E-state index contributed by atoms with van der Waals surface area (Å²) in [6.45, 7) is 7.33. The second-order valence-corrected chi connectivity index (χ2v) is 8.54. The van der Waals surface area contributed by atoms with E-state index in [0.29, 0.717) is 11.1 Å². The molecule has 2 aliphatic heterocycles. The minimum Gasteiger partial charge on any atom is -0.443 e. The molecular weight excluding hydrogens is 433 g/mol. The van der Waals surface area contributed by atoms with Crippen molar-refractivity contribution in [1.29, 1.82) is 21.2 Å². The van der Waals surface area contributed by atoms with Crippen LogP contribution in [-0.2, 0) is 15.3 Å². The number of anilines is 1. The first-order chi connectivity index (χ1) is 16.3. The van der Waals surface area contributed by atoms with Gasteiger partial charge in [0.15, 0.2) is 5.41 Å². The van der Waals surface area contributed by atoms with Gasteiger partial charge in [0.2, 0.25) is 17.1 Å². The largest absolute Gasteiger partial charge is 0.443 e. The molecule has 4 rings (SSSR count). The number of ether oxygens (including phenoxy) is 2. The Hall–Kier alpha value is -3.93. The number of benzene rings is 2. The molecule has 4 atom stereocenters. The summed E-state index contributed by atoms with van der Waals surface area (Å²) in [6.07, 6.45) is -1.20. The van der Waals surface area contributed by atoms with Gasteiger partial charge in [0.05, 0.1) is 24.1 Å². The predicted octanol–water partition coefficient (Wildman–Crippen LogP) is 4.78. The highest BCUT2D eigenvalue weighted by Crippen LogP contribution is 2.68. The molecule has 0 saturated carbocycles. The number of fused-ring (bicyclic) bond motifs is 2. The van der Waals surface area contributed by atoms with E-state index in [0.717, 1.165) is 18.8 Å². The maximum atomic E-state index is 13.7. The van der Waals surface area contributed by atoms with Gasteiger partial charge in [0.1, 0.15) is 11.9 Å². The molecule has 0 aliphatic carbocycles. The molecule has 4 unspecified atom stereocenters. The molecule has 2 heterocycles. The molecule has 7 nitrogen and oxygen atoms in total. The summed E-state index contributed by atoms with van der Waals surface area (Å²) in [4.78, 5) is 2.15. The molecule has 0 amide bonds. The van der Waals surface area contributed by atoms with Crippen molar-refractivity contribution in [2.75, 3.05) is 18.0 Å². The van der Waals surface area contributed by atoms with Gasteiger partial charge in [-0.2, -0.15) is 15.8 Å². The molecule has 0 spiro atoms.